The number of pyridine rings is 1. The van der Waals surface area contributed by atoms with E-state index in [9.17, 15) is 14.7 Å². The van der Waals surface area contributed by atoms with Gasteiger partial charge in [0.15, 0.2) is 0 Å². The molecule has 1 amide bonds. The van der Waals surface area contributed by atoms with Crippen molar-refractivity contribution < 1.29 is 19.8 Å². The molecule has 0 spiro atoms. The van der Waals surface area contributed by atoms with Crippen molar-refractivity contribution in [3.8, 4) is 10.6 Å². The van der Waals surface area contributed by atoms with Crippen LogP contribution >= 0.6 is 11.3 Å². The second kappa shape index (κ2) is 8.91. The molecule has 0 radical (unpaired) electrons. The van der Waals surface area contributed by atoms with Gasteiger partial charge in [0.2, 0.25) is 5.91 Å². The summed E-state index contributed by atoms with van der Waals surface area (Å²) in [4.78, 5) is 34.2. The Hall–Kier alpha value is -2.81. The fourth-order valence-electron chi connectivity index (χ4n) is 3.88. The maximum atomic E-state index is 12.5. The molecule has 0 unspecified atom stereocenters. The third-order valence-corrected chi connectivity index (χ3v) is 6.20. The Labute approximate surface area is 178 Å². The number of piperazine rings is 1. The first-order valence-electron chi connectivity index (χ1n) is 9.88. The molecule has 0 saturated carbocycles. The number of fused-ring (bicyclic) bond motifs is 1. The van der Waals surface area contributed by atoms with Gasteiger partial charge in [0, 0.05) is 43.7 Å². The minimum Gasteiger partial charge on any atom is -0.478 e. The van der Waals surface area contributed by atoms with E-state index < -0.39 is 5.97 Å². The largest absolute Gasteiger partial charge is 0.478 e. The van der Waals surface area contributed by atoms with E-state index in [4.69, 9.17) is 10.1 Å². The van der Waals surface area contributed by atoms with Gasteiger partial charge in [0.1, 0.15) is 0 Å². The number of hydrogen-bond acceptors (Lipinski definition) is 6. The van der Waals surface area contributed by atoms with Crippen LogP contribution in [0.5, 0.6) is 0 Å². The van der Waals surface area contributed by atoms with Crippen molar-refractivity contribution >= 4 is 34.1 Å². The zero-order valence-electron chi connectivity index (χ0n) is 16.5. The molecule has 1 fully saturated rings. The summed E-state index contributed by atoms with van der Waals surface area (Å²) in [5.74, 6) is -0.993. The third kappa shape index (κ3) is 4.07. The molecule has 1 saturated heterocycles. The standard InChI is InChI=1S/C22H23N3O4S/c26-11-4-8-25-10-9-24(14-19(25)27)13-16-20(22(28)29)15-5-1-2-6-17(15)23-21(16)18-7-3-12-30-18/h1-3,5-7,12,26H,4,8-11,13-14H2,(H,28,29). The van der Waals surface area contributed by atoms with Gasteiger partial charge < -0.3 is 15.1 Å². The van der Waals surface area contributed by atoms with E-state index in [-0.39, 0.29) is 24.6 Å². The molecule has 4 rings (SSSR count). The van der Waals surface area contributed by atoms with Crippen molar-refractivity contribution in [1.82, 2.24) is 14.8 Å². The van der Waals surface area contributed by atoms with Gasteiger partial charge in [-0.1, -0.05) is 24.3 Å². The number of carbonyl (C=O) groups excluding carboxylic acids is 1. The lowest BCUT2D eigenvalue weighted by Gasteiger charge is -2.34. The number of thiophene rings is 1. The van der Waals surface area contributed by atoms with E-state index in [1.54, 1.807) is 11.0 Å². The molecule has 0 bridgehead atoms. The van der Waals surface area contributed by atoms with Gasteiger partial charge in [-0.05, 0) is 23.9 Å². The lowest BCUT2D eigenvalue weighted by molar-refractivity contribution is -0.136. The van der Waals surface area contributed by atoms with Gasteiger partial charge in [-0.25, -0.2) is 9.78 Å². The lowest BCUT2D eigenvalue weighted by atomic mass is 9.98. The summed E-state index contributed by atoms with van der Waals surface area (Å²) < 4.78 is 0. The number of aromatic nitrogens is 1. The van der Waals surface area contributed by atoms with Gasteiger partial charge in [-0.3, -0.25) is 9.69 Å². The molecule has 30 heavy (non-hydrogen) atoms. The number of nitrogens with zero attached hydrogens (tertiary/aromatic N) is 3. The molecule has 1 aliphatic heterocycles. The number of carboxylic acids is 1. The normalized spacial score (nSPS) is 15.1. The van der Waals surface area contributed by atoms with Crippen LogP contribution < -0.4 is 0 Å². The van der Waals surface area contributed by atoms with E-state index in [0.29, 0.717) is 54.8 Å². The summed E-state index contributed by atoms with van der Waals surface area (Å²) in [6.07, 6.45) is 0.562. The number of hydrogen-bond donors (Lipinski definition) is 2. The van der Waals surface area contributed by atoms with Crippen molar-refractivity contribution in [1.29, 1.82) is 0 Å². The SMILES string of the molecule is O=C(O)c1c(CN2CCN(CCCO)C(=O)C2)c(-c2cccs2)nc2ccccc12. The maximum Gasteiger partial charge on any atom is 0.336 e. The summed E-state index contributed by atoms with van der Waals surface area (Å²) in [6, 6.07) is 11.1. The molecule has 0 atom stereocenters. The molecule has 2 aromatic heterocycles. The van der Waals surface area contributed by atoms with Gasteiger partial charge >= 0.3 is 5.97 Å². The quantitative estimate of drug-likeness (QED) is 0.605. The summed E-state index contributed by atoms with van der Waals surface area (Å²) in [6.45, 7) is 2.38. The Morgan fingerprint density at radius 3 is 2.70 bits per heavy atom. The van der Waals surface area contributed by atoms with Crippen molar-refractivity contribution in [2.45, 2.75) is 13.0 Å². The highest BCUT2D eigenvalue weighted by Crippen LogP contribution is 2.33. The zero-order valence-corrected chi connectivity index (χ0v) is 17.3. The van der Waals surface area contributed by atoms with Crippen molar-refractivity contribution in [2.75, 3.05) is 32.8 Å². The summed E-state index contributed by atoms with van der Waals surface area (Å²) in [5.41, 5.74) is 2.20. The van der Waals surface area contributed by atoms with Crippen LogP contribution in [0.1, 0.15) is 22.3 Å². The number of rotatable bonds is 7. The fourth-order valence-corrected chi connectivity index (χ4v) is 4.62. The molecule has 0 aliphatic carbocycles. The number of para-hydroxylation sites is 1. The number of aromatic carboxylic acids is 1. The Morgan fingerprint density at radius 1 is 1.17 bits per heavy atom. The average molecular weight is 426 g/mol. The Morgan fingerprint density at radius 2 is 2.00 bits per heavy atom. The average Bonchev–Trinajstić information content (AvgIpc) is 3.27. The van der Waals surface area contributed by atoms with Crippen LogP contribution in [-0.4, -0.2) is 69.7 Å². The lowest BCUT2D eigenvalue weighted by Crippen LogP contribution is -2.50. The molecule has 1 aliphatic rings. The second-order valence-corrected chi connectivity index (χ2v) is 8.23. The molecule has 8 heteroatoms. The summed E-state index contributed by atoms with van der Waals surface area (Å²) in [5, 5.41) is 21.6. The Balaban J connectivity index is 1.73. The monoisotopic (exact) mass is 425 g/mol. The molecule has 2 N–H and O–H groups in total. The molecule has 3 aromatic rings. The second-order valence-electron chi connectivity index (χ2n) is 7.28. The van der Waals surface area contributed by atoms with Crippen LogP contribution in [-0.2, 0) is 11.3 Å². The molecule has 1 aromatic carbocycles. The predicted octanol–water partition coefficient (Wildman–Crippen LogP) is 2.69. The first kappa shape index (κ1) is 20.5. The number of amides is 1. The molecule has 3 heterocycles. The highest BCUT2D eigenvalue weighted by molar-refractivity contribution is 7.13. The van der Waals surface area contributed by atoms with Crippen LogP contribution in [0.2, 0.25) is 0 Å². The van der Waals surface area contributed by atoms with Crippen LogP contribution in [0.4, 0.5) is 0 Å². The van der Waals surface area contributed by atoms with E-state index in [0.717, 1.165) is 4.88 Å². The number of aliphatic hydroxyl groups excluding tert-OH is 1. The molecular weight excluding hydrogens is 402 g/mol. The maximum absolute atomic E-state index is 12.5. The van der Waals surface area contributed by atoms with E-state index in [1.165, 1.54) is 11.3 Å². The smallest absolute Gasteiger partial charge is 0.336 e. The number of benzene rings is 1. The molecule has 7 nitrogen and oxygen atoms in total. The first-order valence-corrected chi connectivity index (χ1v) is 10.8. The molecule has 156 valence electrons. The highest BCUT2D eigenvalue weighted by Gasteiger charge is 2.28. The van der Waals surface area contributed by atoms with Crippen molar-refractivity contribution in [3.63, 3.8) is 0 Å². The molecular formula is C22H23N3O4S. The highest BCUT2D eigenvalue weighted by atomic mass is 32.1. The van der Waals surface area contributed by atoms with E-state index >= 15 is 0 Å². The van der Waals surface area contributed by atoms with Crippen molar-refractivity contribution in [3.05, 3.63) is 52.9 Å². The minimum absolute atomic E-state index is 0.00185. The minimum atomic E-state index is -0.991. The van der Waals surface area contributed by atoms with E-state index in [1.807, 2.05) is 40.6 Å². The number of aliphatic hydroxyl groups is 1. The van der Waals surface area contributed by atoms with Gasteiger partial charge in [-0.2, -0.15) is 0 Å². The third-order valence-electron chi connectivity index (χ3n) is 5.33. The fraction of sp³-hybridized carbons (Fsp3) is 0.318. The van der Waals surface area contributed by atoms with Gasteiger partial charge in [-0.15, -0.1) is 11.3 Å². The zero-order chi connectivity index (χ0) is 21.1. The van der Waals surface area contributed by atoms with Crippen LogP contribution in [0, 0.1) is 0 Å². The van der Waals surface area contributed by atoms with Gasteiger partial charge in [0.05, 0.1) is 28.2 Å². The van der Waals surface area contributed by atoms with Crippen LogP contribution in [0.15, 0.2) is 41.8 Å². The first-order chi connectivity index (χ1) is 14.6. The van der Waals surface area contributed by atoms with E-state index in [2.05, 4.69) is 0 Å². The summed E-state index contributed by atoms with van der Waals surface area (Å²) >= 11 is 1.52. The predicted molar refractivity (Wildman–Crippen MR) is 116 cm³/mol. The van der Waals surface area contributed by atoms with Gasteiger partial charge in [0.25, 0.3) is 0 Å². The van der Waals surface area contributed by atoms with Crippen LogP contribution in [0.3, 0.4) is 0 Å². The topological polar surface area (TPSA) is 94.0 Å². The Kier molecular flexibility index (Phi) is 6.08. The van der Waals surface area contributed by atoms with Crippen LogP contribution in [0.25, 0.3) is 21.5 Å². The number of carbonyl (C=O) groups is 2. The number of carboxylic acid groups (broad SMARTS) is 1. The van der Waals surface area contributed by atoms with Crippen molar-refractivity contribution in [2.24, 2.45) is 0 Å². The Bertz CT molecular complexity index is 1070. The summed E-state index contributed by atoms with van der Waals surface area (Å²) in [7, 11) is 0.